The van der Waals surface area contributed by atoms with E-state index >= 15 is 0 Å². The molecule has 1 aliphatic rings. The standard InChI is InChI=1S/C25H32N2O4/c1-2-30-25(29)23(27-24(28)20-13-11-18(17-26)12-14-20)16-19-7-6-10-22(15-19)31-21-8-4-3-5-9-21/h3-10,15,18,20,23H,2,11-14,16-17,26H2,1H3,(H,27,28). The molecule has 1 fully saturated rings. The van der Waals surface area contributed by atoms with Gasteiger partial charge in [-0.25, -0.2) is 4.79 Å². The first-order chi connectivity index (χ1) is 15.1. The van der Waals surface area contributed by atoms with Crippen LogP contribution in [0, 0.1) is 11.8 Å². The number of benzene rings is 2. The van der Waals surface area contributed by atoms with E-state index in [0.29, 0.717) is 24.6 Å². The van der Waals surface area contributed by atoms with E-state index in [4.69, 9.17) is 15.2 Å². The van der Waals surface area contributed by atoms with Gasteiger partial charge in [-0.3, -0.25) is 4.79 Å². The van der Waals surface area contributed by atoms with Gasteiger partial charge in [-0.15, -0.1) is 0 Å². The molecule has 1 atom stereocenters. The number of para-hydroxylation sites is 1. The molecule has 1 saturated carbocycles. The van der Waals surface area contributed by atoms with Crippen molar-refractivity contribution in [3.63, 3.8) is 0 Å². The average Bonchev–Trinajstić information content (AvgIpc) is 2.80. The number of nitrogens with two attached hydrogens (primary N) is 1. The van der Waals surface area contributed by atoms with E-state index in [0.717, 1.165) is 37.0 Å². The molecule has 1 amide bonds. The van der Waals surface area contributed by atoms with Crippen LogP contribution in [0.5, 0.6) is 11.5 Å². The minimum atomic E-state index is -0.730. The number of rotatable bonds is 9. The van der Waals surface area contributed by atoms with E-state index in [-0.39, 0.29) is 18.4 Å². The van der Waals surface area contributed by atoms with Crippen molar-refractivity contribution in [2.24, 2.45) is 17.6 Å². The molecule has 31 heavy (non-hydrogen) atoms. The van der Waals surface area contributed by atoms with Crippen molar-refractivity contribution in [3.8, 4) is 11.5 Å². The summed E-state index contributed by atoms with van der Waals surface area (Å²) in [5, 5.41) is 2.94. The van der Waals surface area contributed by atoms with Gasteiger partial charge in [0.2, 0.25) is 5.91 Å². The van der Waals surface area contributed by atoms with E-state index < -0.39 is 12.0 Å². The van der Waals surface area contributed by atoms with Gasteiger partial charge in [0.25, 0.3) is 0 Å². The van der Waals surface area contributed by atoms with Crippen molar-refractivity contribution >= 4 is 11.9 Å². The van der Waals surface area contributed by atoms with Crippen molar-refractivity contribution in [3.05, 3.63) is 60.2 Å². The summed E-state index contributed by atoms with van der Waals surface area (Å²) >= 11 is 0. The summed E-state index contributed by atoms with van der Waals surface area (Å²) in [6, 6.07) is 16.3. The van der Waals surface area contributed by atoms with Gasteiger partial charge in [-0.05, 0) is 74.9 Å². The van der Waals surface area contributed by atoms with E-state index in [1.165, 1.54) is 0 Å². The van der Waals surface area contributed by atoms with Crippen molar-refractivity contribution in [2.75, 3.05) is 13.2 Å². The molecule has 0 aliphatic heterocycles. The fourth-order valence-corrected chi connectivity index (χ4v) is 3.98. The third kappa shape index (κ3) is 6.82. The van der Waals surface area contributed by atoms with Gasteiger partial charge in [-0.2, -0.15) is 0 Å². The van der Waals surface area contributed by atoms with Gasteiger partial charge in [0.05, 0.1) is 6.61 Å². The lowest BCUT2D eigenvalue weighted by molar-refractivity contribution is -0.148. The molecule has 0 spiro atoms. The molecule has 1 aliphatic carbocycles. The van der Waals surface area contributed by atoms with E-state index in [2.05, 4.69) is 5.32 Å². The summed E-state index contributed by atoms with van der Waals surface area (Å²) in [5.74, 6) is 1.34. The molecule has 2 aromatic carbocycles. The number of hydrogen-bond acceptors (Lipinski definition) is 5. The van der Waals surface area contributed by atoms with Crippen molar-refractivity contribution in [2.45, 2.75) is 45.1 Å². The van der Waals surface area contributed by atoms with Crippen LogP contribution in [-0.2, 0) is 20.7 Å². The Labute approximate surface area is 184 Å². The molecule has 1 unspecified atom stereocenters. The minimum Gasteiger partial charge on any atom is -0.464 e. The number of carbonyl (C=O) groups excluding carboxylic acids is 2. The monoisotopic (exact) mass is 424 g/mol. The predicted molar refractivity (Wildman–Crippen MR) is 120 cm³/mol. The quantitative estimate of drug-likeness (QED) is 0.597. The Morgan fingerprint density at radius 2 is 1.74 bits per heavy atom. The Morgan fingerprint density at radius 1 is 1.03 bits per heavy atom. The molecule has 3 rings (SSSR count). The molecule has 3 N–H and O–H groups in total. The number of nitrogens with one attached hydrogen (secondary N) is 1. The van der Waals surface area contributed by atoms with Crippen LogP contribution in [0.1, 0.15) is 38.2 Å². The maximum atomic E-state index is 12.8. The summed E-state index contributed by atoms with van der Waals surface area (Å²) in [6.07, 6.45) is 3.87. The van der Waals surface area contributed by atoms with Crippen molar-refractivity contribution in [1.82, 2.24) is 5.32 Å². The number of hydrogen-bond donors (Lipinski definition) is 2. The Bertz CT molecular complexity index is 848. The molecular weight excluding hydrogens is 392 g/mol. The number of ether oxygens (including phenoxy) is 2. The molecule has 0 saturated heterocycles. The number of carbonyl (C=O) groups is 2. The molecule has 0 heterocycles. The zero-order chi connectivity index (χ0) is 22.1. The van der Waals surface area contributed by atoms with Crippen LogP contribution in [0.4, 0.5) is 0 Å². The molecule has 0 bridgehead atoms. The highest BCUT2D eigenvalue weighted by Gasteiger charge is 2.29. The summed E-state index contributed by atoms with van der Waals surface area (Å²) < 4.78 is 11.1. The number of esters is 1. The zero-order valence-electron chi connectivity index (χ0n) is 18.1. The second-order valence-corrected chi connectivity index (χ2v) is 8.03. The van der Waals surface area contributed by atoms with Crippen LogP contribution in [0.15, 0.2) is 54.6 Å². The third-order valence-corrected chi connectivity index (χ3v) is 5.76. The molecule has 6 heteroatoms. The predicted octanol–water partition coefficient (Wildman–Crippen LogP) is 3.83. The second kappa shape index (κ2) is 11.5. The zero-order valence-corrected chi connectivity index (χ0v) is 18.1. The van der Waals surface area contributed by atoms with Crippen LogP contribution >= 0.6 is 0 Å². The molecule has 0 aromatic heterocycles. The minimum absolute atomic E-state index is 0.0764. The summed E-state index contributed by atoms with van der Waals surface area (Å²) in [7, 11) is 0. The fourth-order valence-electron chi connectivity index (χ4n) is 3.98. The van der Waals surface area contributed by atoms with Gasteiger partial charge in [0, 0.05) is 12.3 Å². The first kappa shape index (κ1) is 22.8. The molecule has 6 nitrogen and oxygen atoms in total. The lowest BCUT2D eigenvalue weighted by atomic mass is 9.81. The molecule has 2 aromatic rings. The average molecular weight is 425 g/mol. The SMILES string of the molecule is CCOC(=O)C(Cc1cccc(Oc2ccccc2)c1)NC(=O)C1CCC(CN)CC1. The van der Waals surface area contributed by atoms with Gasteiger partial charge in [0.1, 0.15) is 17.5 Å². The highest BCUT2D eigenvalue weighted by Crippen LogP contribution is 2.28. The maximum Gasteiger partial charge on any atom is 0.328 e. The van der Waals surface area contributed by atoms with E-state index in [1.807, 2.05) is 54.6 Å². The van der Waals surface area contributed by atoms with Crippen LogP contribution in [-0.4, -0.2) is 31.1 Å². The Hall–Kier alpha value is -2.86. The lowest BCUT2D eigenvalue weighted by Crippen LogP contribution is -2.46. The van der Waals surface area contributed by atoms with Gasteiger partial charge >= 0.3 is 5.97 Å². The summed E-state index contributed by atoms with van der Waals surface area (Å²) in [4.78, 5) is 25.4. The first-order valence-corrected chi connectivity index (χ1v) is 11.1. The van der Waals surface area contributed by atoms with Crippen LogP contribution in [0.2, 0.25) is 0 Å². The van der Waals surface area contributed by atoms with Crippen LogP contribution < -0.4 is 15.8 Å². The maximum absolute atomic E-state index is 12.8. The molecule has 166 valence electrons. The lowest BCUT2D eigenvalue weighted by Gasteiger charge is -2.28. The highest BCUT2D eigenvalue weighted by atomic mass is 16.5. The topological polar surface area (TPSA) is 90.6 Å². The Morgan fingerprint density at radius 3 is 2.42 bits per heavy atom. The van der Waals surface area contributed by atoms with E-state index in [9.17, 15) is 9.59 Å². The van der Waals surface area contributed by atoms with Crippen molar-refractivity contribution < 1.29 is 19.1 Å². The Kier molecular flexibility index (Phi) is 8.47. The van der Waals surface area contributed by atoms with Crippen LogP contribution in [0.25, 0.3) is 0 Å². The largest absolute Gasteiger partial charge is 0.464 e. The van der Waals surface area contributed by atoms with Gasteiger partial charge in [0.15, 0.2) is 0 Å². The van der Waals surface area contributed by atoms with Crippen LogP contribution in [0.3, 0.4) is 0 Å². The Balaban J connectivity index is 1.66. The number of amides is 1. The van der Waals surface area contributed by atoms with E-state index in [1.54, 1.807) is 6.92 Å². The highest BCUT2D eigenvalue weighted by molar-refractivity contribution is 5.86. The summed E-state index contributed by atoms with van der Waals surface area (Å²) in [5.41, 5.74) is 6.64. The molecule has 0 radical (unpaired) electrons. The summed E-state index contributed by atoms with van der Waals surface area (Å²) in [6.45, 7) is 2.70. The van der Waals surface area contributed by atoms with Crippen molar-refractivity contribution in [1.29, 1.82) is 0 Å². The van der Waals surface area contributed by atoms with Gasteiger partial charge < -0.3 is 20.5 Å². The smallest absolute Gasteiger partial charge is 0.328 e. The normalized spacial score (nSPS) is 19.3. The van der Waals surface area contributed by atoms with Gasteiger partial charge in [-0.1, -0.05) is 30.3 Å². The fraction of sp³-hybridized carbons (Fsp3) is 0.440. The first-order valence-electron chi connectivity index (χ1n) is 11.1. The molecular formula is C25H32N2O4. The third-order valence-electron chi connectivity index (χ3n) is 5.76. The second-order valence-electron chi connectivity index (χ2n) is 8.03.